The van der Waals surface area contributed by atoms with E-state index in [9.17, 15) is 5.11 Å². The SMILES string of the molecule is Cc1ccc(-n2c(O)c(C=Nc3ccc4ccccc4c3)sc2=S)cc1. The second-order valence-electron chi connectivity index (χ2n) is 6.02. The number of aromatic nitrogens is 1. The maximum atomic E-state index is 10.6. The molecule has 0 aliphatic carbocycles. The summed E-state index contributed by atoms with van der Waals surface area (Å²) >= 11 is 6.77. The van der Waals surface area contributed by atoms with E-state index in [1.807, 2.05) is 61.5 Å². The molecule has 0 aliphatic rings. The lowest BCUT2D eigenvalue weighted by Gasteiger charge is -2.04. The standard InChI is InChI=1S/C21H16N2OS2/c1-14-6-10-18(11-7-14)23-20(24)19(26-21(23)25)13-22-17-9-8-15-4-2-3-5-16(15)12-17/h2-13,24H,1H3. The molecular weight excluding hydrogens is 360 g/mol. The number of fused-ring (bicyclic) bond motifs is 1. The Kier molecular flexibility index (Phi) is 4.41. The zero-order chi connectivity index (χ0) is 18.1. The first kappa shape index (κ1) is 16.7. The first-order chi connectivity index (χ1) is 12.6. The van der Waals surface area contributed by atoms with E-state index in [1.165, 1.54) is 16.7 Å². The van der Waals surface area contributed by atoms with E-state index >= 15 is 0 Å². The average Bonchev–Trinajstić information content (AvgIpc) is 2.94. The number of aryl methyl sites for hydroxylation is 1. The molecule has 1 heterocycles. The molecule has 0 fully saturated rings. The molecule has 3 nitrogen and oxygen atoms in total. The van der Waals surface area contributed by atoms with Gasteiger partial charge >= 0.3 is 0 Å². The molecule has 0 atom stereocenters. The Hall–Kier alpha value is -2.76. The van der Waals surface area contributed by atoms with Gasteiger partial charge in [0, 0.05) is 0 Å². The summed E-state index contributed by atoms with van der Waals surface area (Å²) in [4.78, 5) is 5.16. The van der Waals surface area contributed by atoms with Gasteiger partial charge in [0.25, 0.3) is 0 Å². The van der Waals surface area contributed by atoms with Gasteiger partial charge in [-0.05, 0) is 54.2 Å². The van der Waals surface area contributed by atoms with Gasteiger partial charge in [-0.2, -0.15) is 0 Å². The van der Waals surface area contributed by atoms with E-state index < -0.39 is 0 Å². The monoisotopic (exact) mass is 376 g/mol. The minimum Gasteiger partial charge on any atom is -0.493 e. The van der Waals surface area contributed by atoms with Crippen LogP contribution in [0.2, 0.25) is 0 Å². The predicted octanol–water partition coefficient (Wildman–Crippen LogP) is 6.19. The Morgan fingerprint density at radius 2 is 1.73 bits per heavy atom. The zero-order valence-electron chi connectivity index (χ0n) is 14.1. The molecule has 26 heavy (non-hydrogen) atoms. The van der Waals surface area contributed by atoms with Crippen LogP contribution in [0.5, 0.6) is 5.88 Å². The van der Waals surface area contributed by atoms with Crippen molar-refractivity contribution in [3.05, 3.63) is 81.1 Å². The molecule has 4 aromatic rings. The smallest absolute Gasteiger partial charge is 0.216 e. The number of aromatic hydroxyl groups is 1. The van der Waals surface area contributed by atoms with Crippen molar-refractivity contribution in [2.45, 2.75) is 6.92 Å². The van der Waals surface area contributed by atoms with Gasteiger partial charge in [-0.1, -0.05) is 59.4 Å². The largest absolute Gasteiger partial charge is 0.493 e. The molecule has 4 rings (SSSR count). The van der Waals surface area contributed by atoms with E-state index in [4.69, 9.17) is 12.2 Å². The predicted molar refractivity (Wildman–Crippen MR) is 112 cm³/mol. The highest BCUT2D eigenvalue weighted by Crippen LogP contribution is 2.29. The van der Waals surface area contributed by atoms with Crippen LogP contribution in [0.4, 0.5) is 5.69 Å². The lowest BCUT2D eigenvalue weighted by molar-refractivity contribution is 0.441. The Morgan fingerprint density at radius 1 is 1.00 bits per heavy atom. The minimum atomic E-state index is 0.119. The van der Waals surface area contributed by atoms with Crippen molar-refractivity contribution in [1.29, 1.82) is 0 Å². The summed E-state index contributed by atoms with van der Waals surface area (Å²) in [7, 11) is 0. The fourth-order valence-electron chi connectivity index (χ4n) is 2.78. The molecule has 5 heteroatoms. The van der Waals surface area contributed by atoms with E-state index in [2.05, 4.69) is 17.1 Å². The summed E-state index contributed by atoms with van der Waals surface area (Å²) in [6, 6.07) is 22.1. The van der Waals surface area contributed by atoms with Gasteiger partial charge < -0.3 is 5.11 Å². The maximum Gasteiger partial charge on any atom is 0.216 e. The van der Waals surface area contributed by atoms with Crippen LogP contribution in [-0.2, 0) is 0 Å². The molecule has 0 spiro atoms. The van der Waals surface area contributed by atoms with Gasteiger partial charge in [0.1, 0.15) is 4.88 Å². The quantitative estimate of drug-likeness (QED) is 0.342. The molecule has 0 bridgehead atoms. The first-order valence-electron chi connectivity index (χ1n) is 8.16. The lowest BCUT2D eigenvalue weighted by Crippen LogP contribution is -1.93. The highest BCUT2D eigenvalue weighted by molar-refractivity contribution is 7.73. The normalized spacial score (nSPS) is 11.4. The summed E-state index contributed by atoms with van der Waals surface area (Å²) in [5.74, 6) is 0.119. The average molecular weight is 377 g/mol. The first-order valence-corrected chi connectivity index (χ1v) is 9.39. The van der Waals surface area contributed by atoms with Crippen molar-refractivity contribution in [2.24, 2.45) is 4.99 Å². The van der Waals surface area contributed by atoms with E-state index in [-0.39, 0.29) is 5.88 Å². The fourth-order valence-corrected chi connectivity index (χ4v) is 4.00. The summed E-state index contributed by atoms with van der Waals surface area (Å²) in [5.41, 5.74) is 2.84. The second-order valence-corrected chi connectivity index (χ2v) is 7.69. The van der Waals surface area contributed by atoms with Gasteiger partial charge in [-0.25, -0.2) is 0 Å². The second kappa shape index (κ2) is 6.86. The van der Waals surface area contributed by atoms with Gasteiger partial charge in [0.15, 0.2) is 3.95 Å². The van der Waals surface area contributed by atoms with Gasteiger partial charge in [0.2, 0.25) is 5.88 Å². The Morgan fingerprint density at radius 3 is 2.50 bits per heavy atom. The van der Waals surface area contributed by atoms with Crippen molar-refractivity contribution < 1.29 is 5.11 Å². The fraction of sp³-hybridized carbons (Fsp3) is 0.0476. The van der Waals surface area contributed by atoms with Crippen LogP contribution in [0.3, 0.4) is 0 Å². The molecule has 0 unspecified atom stereocenters. The van der Waals surface area contributed by atoms with E-state index in [0.29, 0.717) is 8.83 Å². The van der Waals surface area contributed by atoms with Crippen molar-refractivity contribution in [3.63, 3.8) is 0 Å². The molecule has 128 valence electrons. The topological polar surface area (TPSA) is 37.5 Å². The van der Waals surface area contributed by atoms with Crippen LogP contribution in [0, 0.1) is 10.9 Å². The zero-order valence-corrected chi connectivity index (χ0v) is 15.7. The lowest BCUT2D eigenvalue weighted by atomic mass is 10.1. The molecule has 0 radical (unpaired) electrons. The van der Waals surface area contributed by atoms with Crippen molar-refractivity contribution >= 4 is 46.2 Å². The Labute approximate surface area is 160 Å². The highest BCUT2D eigenvalue weighted by atomic mass is 32.1. The summed E-state index contributed by atoms with van der Waals surface area (Å²) < 4.78 is 2.26. The van der Waals surface area contributed by atoms with E-state index in [0.717, 1.165) is 22.3 Å². The molecule has 0 saturated heterocycles. The van der Waals surface area contributed by atoms with Crippen LogP contribution < -0.4 is 0 Å². The molecule has 0 aliphatic heterocycles. The Balaban J connectivity index is 1.69. The number of benzene rings is 3. The van der Waals surface area contributed by atoms with Crippen LogP contribution >= 0.6 is 23.6 Å². The number of hydrogen-bond donors (Lipinski definition) is 1. The molecule has 1 aromatic heterocycles. The minimum absolute atomic E-state index is 0.119. The number of aliphatic imine (C=N–C) groups is 1. The molecule has 3 aromatic carbocycles. The van der Waals surface area contributed by atoms with Crippen LogP contribution in [-0.4, -0.2) is 15.9 Å². The third-order valence-corrected chi connectivity index (χ3v) is 5.47. The number of rotatable bonds is 3. The number of hydrogen-bond acceptors (Lipinski definition) is 4. The van der Waals surface area contributed by atoms with Crippen LogP contribution in [0.15, 0.2) is 71.7 Å². The molecule has 1 N–H and O–H groups in total. The van der Waals surface area contributed by atoms with Crippen LogP contribution in [0.1, 0.15) is 10.4 Å². The number of thiazole rings is 1. The molecule has 0 amide bonds. The summed E-state index contributed by atoms with van der Waals surface area (Å²) in [5, 5.41) is 12.9. The van der Waals surface area contributed by atoms with Crippen molar-refractivity contribution in [2.75, 3.05) is 0 Å². The highest BCUT2D eigenvalue weighted by Gasteiger charge is 2.11. The van der Waals surface area contributed by atoms with Gasteiger partial charge in [0.05, 0.1) is 17.6 Å². The van der Waals surface area contributed by atoms with Crippen molar-refractivity contribution in [1.82, 2.24) is 4.57 Å². The Bertz CT molecular complexity index is 1170. The van der Waals surface area contributed by atoms with Gasteiger partial charge in [-0.15, -0.1) is 0 Å². The maximum absolute atomic E-state index is 10.6. The molecular formula is C21H16N2OS2. The summed E-state index contributed by atoms with van der Waals surface area (Å²) in [6.07, 6.45) is 1.67. The van der Waals surface area contributed by atoms with Crippen molar-refractivity contribution in [3.8, 4) is 11.6 Å². The molecule has 0 saturated carbocycles. The van der Waals surface area contributed by atoms with Crippen LogP contribution in [0.25, 0.3) is 16.5 Å². The van der Waals surface area contributed by atoms with Gasteiger partial charge in [-0.3, -0.25) is 9.56 Å². The third-order valence-electron chi connectivity index (χ3n) is 4.17. The third kappa shape index (κ3) is 3.19. The summed E-state index contributed by atoms with van der Waals surface area (Å²) in [6.45, 7) is 2.03. The number of nitrogens with zero attached hydrogens (tertiary/aromatic N) is 2. The van der Waals surface area contributed by atoms with E-state index in [1.54, 1.807) is 10.8 Å².